The zero-order chi connectivity index (χ0) is 24.7. The molecular weight excluding hydrogens is 456 g/mol. The van der Waals surface area contributed by atoms with Gasteiger partial charge in [-0.2, -0.15) is 0 Å². The zero-order valence-electron chi connectivity index (χ0n) is 19.6. The van der Waals surface area contributed by atoms with E-state index in [4.69, 9.17) is 14.2 Å². The molecule has 0 aliphatic heterocycles. The van der Waals surface area contributed by atoms with Gasteiger partial charge in [0, 0.05) is 19.7 Å². The molecule has 0 aliphatic carbocycles. The lowest BCUT2D eigenvalue weighted by Gasteiger charge is -2.21. The Balaban J connectivity index is 1.69. The molecule has 0 heterocycles. The van der Waals surface area contributed by atoms with Crippen LogP contribution in [-0.4, -0.2) is 60.7 Å². The number of carbonyl (C=O) groups is 1. The summed E-state index contributed by atoms with van der Waals surface area (Å²) in [5, 5.41) is 0. The normalized spacial score (nSPS) is 10.9. The highest BCUT2D eigenvalue weighted by molar-refractivity contribution is 7.92. The summed E-state index contributed by atoms with van der Waals surface area (Å²) in [6, 6.07) is 19.9. The summed E-state index contributed by atoms with van der Waals surface area (Å²) in [4.78, 5) is 14.4. The molecule has 8 nitrogen and oxygen atoms in total. The first kappa shape index (κ1) is 24.9. The van der Waals surface area contributed by atoms with Crippen molar-refractivity contribution in [1.82, 2.24) is 4.90 Å². The van der Waals surface area contributed by atoms with E-state index >= 15 is 0 Å². The summed E-state index contributed by atoms with van der Waals surface area (Å²) in [5.41, 5.74) is 0.743. The number of para-hydroxylation sites is 2. The third kappa shape index (κ3) is 5.60. The van der Waals surface area contributed by atoms with Crippen LogP contribution in [0.5, 0.6) is 17.2 Å². The van der Waals surface area contributed by atoms with Crippen LogP contribution in [0.25, 0.3) is 0 Å². The van der Waals surface area contributed by atoms with E-state index in [0.29, 0.717) is 29.5 Å². The van der Waals surface area contributed by atoms with Crippen molar-refractivity contribution in [2.24, 2.45) is 0 Å². The predicted molar refractivity (Wildman–Crippen MR) is 130 cm³/mol. The zero-order valence-corrected chi connectivity index (χ0v) is 20.4. The maximum Gasteiger partial charge on any atom is 0.264 e. The first-order valence-electron chi connectivity index (χ1n) is 10.5. The van der Waals surface area contributed by atoms with E-state index in [-0.39, 0.29) is 23.0 Å². The molecule has 0 N–H and O–H groups in total. The summed E-state index contributed by atoms with van der Waals surface area (Å²) < 4.78 is 43.6. The molecule has 0 fully saturated rings. The minimum absolute atomic E-state index is 0.0235. The van der Waals surface area contributed by atoms with Gasteiger partial charge in [0.1, 0.15) is 12.4 Å². The smallest absolute Gasteiger partial charge is 0.264 e. The van der Waals surface area contributed by atoms with Crippen molar-refractivity contribution in [3.05, 3.63) is 78.4 Å². The fraction of sp³-hybridized carbons (Fsp3) is 0.240. The van der Waals surface area contributed by atoms with Crippen molar-refractivity contribution < 1.29 is 27.4 Å². The fourth-order valence-electron chi connectivity index (χ4n) is 3.23. The molecule has 0 bridgehead atoms. The molecular formula is C25H28N2O6S. The number of sulfonamides is 1. The lowest BCUT2D eigenvalue weighted by molar-refractivity contribution is 0.0773. The molecule has 180 valence electrons. The number of likely N-dealkylation sites (N-methyl/N-ethyl adjacent to an activating group) is 1. The van der Waals surface area contributed by atoms with Crippen molar-refractivity contribution in [3.8, 4) is 17.2 Å². The molecule has 1 amide bonds. The second-order valence-corrected chi connectivity index (χ2v) is 9.39. The maximum absolute atomic E-state index is 13.2. The van der Waals surface area contributed by atoms with Gasteiger partial charge >= 0.3 is 0 Å². The average Bonchev–Trinajstić information content (AvgIpc) is 2.88. The summed E-state index contributed by atoms with van der Waals surface area (Å²) in [6.07, 6.45) is 0. The maximum atomic E-state index is 13.2. The number of methoxy groups -OCH3 is 2. The molecule has 0 saturated heterocycles. The van der Waals surface area contributed by atoms with E-state index in [1.54, 1.807) is 69.8 Å². The van der Waals surface area contributed by atoms with Crippen LogP contribution in [0.2, 0.25) is 0 Å². The third-order valence-corrected chi connectivity index (χ3v) is 7.06. The molecule has 3 aromatic carbocycles. The van der Waals surface area contributed by atoms with Gasteiger partial charge < -0.3 is 19.1 Å². The monoisotopic (exact) mass is 484 g/mol. The molecule has 0 spiro atoms. The summed E-state index contributed by atoms with van der Waals surface area (Å²) in [5.74, 6) is 1.50. The Morgan fingerprint density at radius 2 is 1.53 bits per heavy atom. The number of nitrogens with zero attached hydrogens (tertiary/aromatic N) is 2. The Hall–Kier alpha value is -3.72. The highest BCUT2D eigenvalue weighted by Crippen LogP contribution is 2.26. The van der Waals surface area contributed by atoms with Gasteiger partial charge in [0.05, 0.1) is 31.3 Å². The quantitative estimate of drug-likeness (QED) is 0.436. The molecule has 0 aliphatic rings. The highest BCUT2D eigenvalue weighted by Gasteiger charge is 2.23. The molecule has 0 saturated carbocycles. The van der Waals surface area contributed by atoms with Gasteiger partial charge in [-0.05, 0) is 54.6 Å². The second kappa shape index (κ2) is 10.9. The van der Waals surface area contributed by atoms with Gasteiger partial charge in [0.15, 0.2) is 11.5 Å². The first-order chi connectivity index (χ1) is 16.3. The van der Waals surface area contributed by atoms with Crippen molar-refractivity contribution in [2.45, 2.75) is 4.90 Å². The van der Waals surface area contributed by atoms with Gasteiger partial charge in [-0.25, -0.2) is 8.42 Å². The van der Waals surface area contributed by atoms with Crippen molar-refractivity contribution in [3.63, 3.8) is 0 Å². The number of hydrogen-bond acceptors (Lipinski definition) is 6. The lowest BCUT2D eigenvalue weighted by Crippen LogP contribution is -2.31. The van der Waals surface area contributed by atoms with Crippen LogP contribution in [0, 0.1) is 0 Å². The molecule has 0 atom stereocenters. The van der Waals surface area contributed by atoms with Crippen LogP contribution in [0.15, 0.2) is 77.7 Å². The molecule has 3 rings (SSSR count). The number of ether oxygens (including phenoxy) is 3. The van der Waals surface area contributed by atoms with Gasteiger partial charge in [-0.3, -0.25) is 9.10 Å². The molecule has 0 radical (unpaired) electrons. The number of amides is 1. The van der Waals surface area contributed by atoms with Crippen LogP contribution in [0.1, 0.15) is 10.4 Å². The van der Waals surface area contributed by atoms with E-state index in [9.17, 15) is 13.2 Å². The van der Waals surface area contributed by atoms with Crippen LogP contribution in [0.3, 0.4) is 0 Å². The standard InChI is InChI=1S/C25H28N2O6S/c1-26(16-17-33-24-11-6-5-10-23(24)32-4)25(28)19-8-7-9-22(18-19)34(29,30)27(2)20-12-14-21(31-3)15-13-20/h5-15,18H,16-17H2,1-4H3. The Labute approximate surface area is 200 Å². The number of carbonyl (C=O) groups excluding carboxylic acids is 1. The first-order valence-corrected chi connectivity index (χ1v) is 12.0. The van der Waals surface area contributed by atoms with Crippen molar-refractivity contribution >= 4 is 21.6 Å². The Morgan fingerprint density at radius 3 is 2.18 bits per heavy atom. The van der Waals surface area contributed by atoms with Crippen LogP contribution in [-0.2, 0) is 10.0 Å². The lowest BCUT2D eigenvalue weighted by atomic mass is 10.2. The highest BCUT2D eigenvalue weighted by atomic mass is 32.2. The topological polar surface area (TPSA) is 85.4 Å². The summed E-state index contributed by atoms with van der Waals surface area (Å²) >= 11 is 0. The van der Waals surface area contributed by atoms with E-state index in [0.717, 1.165) is 0 Å². The Bertz CT molecular complexity index is 1230. The fourth-order valence-corrected chi connectivity index (χ4v) is 4.47. The predicted octanol–water partition coefficient (Wildman–Crippen LogP) is 3.68. The molecule has 0 aromatic heterocycles. The third-order valence-electron chi connectivity index (χ3n) is 5.28. The summed E-state index contributed by atoms with van der Waals surface area (Å²) in [7, 11) is 2.33. The van der Waals surface area contributed by atoms with E-state index in [2.05, 4.69) is 0 Å². The molecule has 3 aromatic rings. The van der Waals surface area contributed by atoms with Crippen LogP contribution in [0.4, 0.5) is 5.69 Å². The number of anilines is 1. The van der Waals surface area contributed by atoms with Crippen molar-refractivity contribution in [2.75, 3.05) is 45.8 Å². The molecule has 9 heteroatoms. The van der Waals surface area contributed by atoms with Crippen molar-refractivity contribution in [1.29, 1.82) is 0 Å². The molecule has 34 heavy (non-hydrogen) atoms. The molecule has 0 unspecified atom stereocenters. The van der Waals surface area contributed by atoms with Crippen LogP contribution < -0.4 is 18.5 Å². The van der Waals surface area contributed by atoms with Gasteiger partial charge in [-0.1, -0.05) is 18.2 Å². The second-order valence-electron chi connectivity index (χ2n) is 7.42. The Kier molecular flexibility index (Phi) is 8.01. The number of benzene rings is 3. The largest absolute Gasteiger partial charge is 0.497 e. The minimum atomic E-state index is -3.87. The van der Waals surface area contributed by atoms with Gasteiger partial charge in [0.2, 0.25) is 0 Å². The van der Waals surface area contributed by atoms with E-state index in [1.807, 2.05) is 12.1 Å². The van der Waals surface area contributed by atoms with Gasteiger partial charge in [-0.15, -0.1) is 0 Å². The minimum Gasteiger partial charge on any atom is -0.497 e. The SMILES string of the molecule is COc1ccc(N(C)S(=O)(=O)c2cccc(C(=O)N(C)CCOc3ccccc3OC)c2)cc1. The van der Waals surface area contributed by atoms with Gasteiger partial charge in [0.25, 0.3) is 15.9 Å². The summed E-state index contributed by atoms with van der Waals surface area (Å²) in [6.45, 7) is 0.556. The number of rotatable bonds is 10. The Morgan fingerprint density at radius 1 is 0.853 bits per heavy atom. The van der Waals surface area contributed by atoms with E-state index < -0.39 is 10.0 Å². The average molecular weight is 485 g/mol. The number of hydrogen-bond donors (Lipinski definition) is 0. The van der Waals surface area contributed by atoms with Crippen LogP contribution >= 0.6 is 0 Å². The van der Waals surface area contributed by atoms with E-state index in [1.165, 1.54) is 28.4 Å².